The van der Waals surface area contributed by atoms with Gasteiger partial charge in [0, 0.05) is 29.4 Å². The molecular weight excluding hydrogens is 484 g/mol. The molecular formula is C26H25ClN4O5. The molecule has 0 unspecified atom stereocenters. The van der Waals surface area contributed by atoms with Crippen molar-refractivity contribution in [2.45, 2.75) is 45.9 Å². The third kappa shape index (κ3) is 4.30. The summed E-state index contributed by atoms with van der Waals surface area (Å²) in [5, 5.41) is 14.7. The number of ether oxygens (including phenoxy) is 1. The number of aromatic nitrogens is 2. The Bertz CT molecular complexity index is 1410. The van der Waals surface area contributed by atoms with Crippen LogP contribution in [0.1, 0.15) is 58.4 Å². The summed E-state index contributed by atoms with van der Waals surface area (Å²) >= 11 is 6.08. The fourth-order valence-electron chi connectivity index (χ4n) is 4.55. The lowest BCUT2D eigenvalue weighted by Crippen LogP contribution is -2.40. The lowest BCUT2D eigenvalue weighted by molar-refractivity contribution is 0.0223. The summed E-state index contributed by atoms with van der Waals surface area (Å²) in [6.45, 7) is 6.47. The molecule has 3 aromatic rings. The molecule has 0 radical (unpaired) electrons. The third-order valence-electron chi connectivity index (χ3n) is 6.17. The predicted octanol–water partition coefficient (Wildman–Crippen LogP) is 4.68. The van der Waals surface area contributed by atoms with Crippen molar-refractivity contribution in [1.29, 1.82) is 0 Å². The zero-order chi connectivity index (χ0) is 25.8. The fourth-order valence-corrected chi connectivity index (χ4v) is 4.73. The first-order valence-electron chi connectivity index (χ1n) is 11.5. The van der Waals surface area contributed by atoms with Gasteiger partial charge in [-0.1, -0.05) is 23.7 Å². The zero-order valence-electron chi connectivity index (χ0n) is 20.1. The van der Waals surface area contributed by atoms with Gasteiger partial charge in [0.05, 0.1) is 12.2 Å². The molecule has 0 bridgehead atoms. The van der Waals surface area contributed by atoms with Gasteiger partial charge in [-0.05, 0) is 68.7 Å². The fraction of sp³-hybridized carbons (Fsp3) is 0.308. The maximum Gasteiger partial charge on any atom is 0.410 e. The molecule has 0 saturated heterocycles. The van der Waals surface area contributed by atoms with Gasteiger partial charge in [0.15, 0.2) is 11.4 Å². The van der Waals surface area contributed by atoms with E-state index in [-0.39, 0.29) is 29.9 Å². The number of hydrogen-bond acceptors (Lipinski definition) is 5. The molecule has 5 rings (SSSR count). The highest BCUT2D eigenvalue weighted by atomic mass is 35.5. The van der Waals surface area contributed by atoms with Crippen molar-refractivity contribution in [3.63, 3.8) is 0 Å². The smallest absolute Gasteiger partial charge is 0.410 e. The van der Waals surface area contributed by atoms with E-state index in [9.17, 15) is 19.5 Å². The second kappa shape index (κ2) is 8.67. The first-order chi connectivity index (χ1) is 17.0. The largest absolute Gasteiger partial charge is 0.476 e. The van der Waals surface area contributed by atoms with Crippen LogP contribution >= 0.6 is 11.6 Å². The summed E-state index contributed by atoms with van der Waals surface area (Å²) in [5.41, 5.74) is 2.88. The molecule has 10 heteroatoms. The topological polar surface area (TPSA) is 105 Å². The van der Waals surface area contributed by atoms with E-state index in [1.54, 1.807) is 29.2 Å². The molecule has 0 spiro atoms. The van der Waals surface area contributed by atoms with Gasteiger partial charge < -0.3 is 19.6 Å². The van der Waals surface area contributed by atoms with Crippen LogP contribution < -0.4 is 4.90 Å². The Kier molecular flexibility index (Phi) is 5.75. The Balaban J connectivity index is 1.43. The van der Waals surface area contributed by atoms with Gasteiger partial charge in [0.2, 0.25) is 0 Å². The van der Waals surface area contributed by atoms with Gasteiger partial charge in [0.1, 0.15) is 5.60 Å². The van der Waals surface area contributed by atoms with Crippen molar-refractivity contribution in [3.8, 4) is 5.69 Å². The van der Waals surface area contributed by atoms with Gasteiger partial charge in [-0.25, -0.2) is 14.3 Å². The predicted molar refractivity (Wildman–Crippen MR) is 133 cm³/mol. The maximum absolute atomic E-state index is 13.3. The normalized spacial score (nSPS) is 15.1. The molecule has 1 aromatic heterocycles. The number of carboxylic acid groups (broad SMARTS) is 1. The number of fused-ring (bicyclic) bond motifs is 2. The van der Waals surface area contributed by atoms with Crippen LogP contribution in [0.4, 0.5) is 10.5 Å². The molecule has 186 valence electrons. The zero-order valence-corrected chi connectivity index (χ0v) is 20.9. The molecule has 0 atom stereocenters. The van der Waals surface area contributed by atoms with Crippen molar-refractivity contribution in [2.24, 2.45) is 0 Å². The van der Waals surface area contributed by atoms with E-state index in [0.717, 1.165) is 11.1 Å². The van der Waals surface area contributed by atoms with Crippen LogP contribution in [-0.4, -0.2) is 49.9 Å². The minimum Gasteiger partial charge on any atom is -0.476 e. The SMILES string of the molecule is CC(C)(C)OC(=O)N1CCc2ccc(N3Cc4c(nn(-c5cccc(Cl)c5)c4C(=O)O)C3=O)cc2C1. The number of amides is 2. The Morgan fingerprint density at radius 1 is 1.06 bits per heavy atom. The average Bonchev–Trinajstić information content (AvgIpc) is 3.34. The number of nitrogens with zero attached hydrogens (tertiary/aromatic N) is 4. The summed E-state index contributed by atoms with van der Waals surface area (Å²) < 4.78 is 6.76. The average molecular weight is 509 g/mol. The second-order valence-corrected chi connectivity index (χ2v) is 10.3. The number of carbonyl (C=O) groups excluding carboxylic acids is 2. The quantitative estimate of drug-likeness (QED) is 0.551. The second-order valence-electron chi connectivity index (χ2n) is 9.87. The van der Waals surface area contributed by atoms with E-state index in [4.69, 9.17) is 16.3 Å². The van der Waals surface area contributed by atoms with Crippen molar-refractivity contribution in [2.75, 3.05) is 11.4 Å². The van der Waals surface area contributed by atoms with E-state index >= 15 is 0 Å². The highest BCUT2D eigenvalue weighted by Crippen LogP contribution is 2.34. The van der Waals surface area contributed by atoms with Crippen molar-refractivity contribution >= 4 is 35.3 Å². The van der Waals surface area contributed by atoms with Crippen molar-refractivity contribution in [3.05, 3.63) is 75.6 Å². The first kappa shape index (κ1) is 23.9. The third-order valence-corrected chi connectivity index (χ3v) is 6.40. The van der Waals surface area contributed by atoms with Crippen LogP contribution in [0.3, 0.4) is 0 Å². The van der Waals surface area contributed by atoms with E-state index in [2.05, 4.69) is 5.10 Å². The highest BCUT2D eigenvalue weighted by molar-refractivity contribution is 6.30. The molecule has 2 aliphatic heterocycles. The number of halogens is 1. The van der Waals surface area contributed by atoms with Gasteiger partial charge in [0.25, 0.3) is 5.91 Å². The molecule has 0 saturated carbocycles. The molecule has 9 nitrogen and oxygen atoms in total. The Morgan fingerprint density at radius 2 is 1.83 bits per heavy atom. The number of rotatable bonds is 3. The Morgan fingerprint density at radius 3 is 2.53 bits per heavy atom. The van der Waals surface area contributed by atoms with Crippen LogP contribution in [0.5, 0.6) is 0 Å². The first-order valence-corrected chi connectivity index (χ1v) is 11.9. The standard InChI is InChI=1S/C26H25ClN4O5/c1-26(2,3)36-25(35)29-10-9-15-7-8-18(11-16(15)13-29)30-14-20-21(23(30)32)28-31(22(20)24(33)34)19-6-4-5-17(27)12-19/h4-8,11-12H,9-10,13-14H2,1-3H3,(H,33,34). The van der Waals surface area contributed by atoms with Gasteiger partial charge in [-0.3, -0.25) is 4.79 Å². The van der Waals surface area contributed by atoms with Crippen LogP contribution in [0.25, 0.3) is 5.69 Å². The Hall–Kier alpha value is -3.85. The lowest BCUT2D eigenvalue weighted by atomic mass is 9.99. The van der Waals surface area contributed by atoms with E-state index in [1.165, 1.54) is 9.58 Å². The summed E-state index contributed by atoms with van der Waals surface area (Å²) in [7, 11) is 0. The number of aromatic carboxylic acids is 1. The number of carbonyl (C=O) groups is 3. The summed E-state index contributed by atoms with van der Waals surface area (Å²) in [6.07, 6.45) is 0.301. The summed E-state index contributed by atoms with van der Waals surface area (Å²) in [4.78, 5) is 41.2. The van der Waals surface area contributed by atoms with Crippen LogP contribution in [-0.2, 0) is 24.2 Å². The van der Waals surface area contributed by atoms with Gasteiger partial charge in [-0.15, -0.1) is 0 Å². The van der Waals surface area contributed by atoms with Crippen LogP contribution in [0, 0.1) is 0 Å². The number of carboxylic acids is 1. The monoisotopic (exact) mass is 508 g/mol. The molecule has 2 aromatic carbocycles. The minimum absolute atomic E-state index is 0.0721. The molecule has 1 N–H and O–H groups in total. The molecule has 3 heterocycles. The minimum atomic E-state index is -1.18. The highest BCUT2D eigenvalue weighted by Gasteiger charge is 2.38. The lowest BCUT2D eigenvalue weighted by Gasteiger charge is -2.31. The van der Waals surface area contributed by atoms with Crippen molar-refractivity contribution < 1.29 is 24.2 Å². The number of benzene rings is 2. The molecule has 2 aliphatic rings. The van der Waals surface area contributed by atoms with E-state index in [0.29, 0.717) is 41.5 Å². The molecule has 0 fully saturated rings. The van der Waals surface area contributed by atoms with E-state index in [1.807, 2.05) is 39.0 Å². The van der Waals surface area contributed by atoms with Crippen molar-refractivity contribution in [1.82, 2.24) is 14.7 Å². The van der Waals surface area contributed by atoms with Gasteiger partial charge in [-0.2, -0.15) is 5.10 Å². The molecule has 0 aliphatic carbocycles. The number of hydrogen-bond donors (Lipinski definition) is 1. The van der Waals surface area contributed by atoms with Crippen LogP contribution in [0.2, 0.25) is 5.02 Å². The van der Waals surface area contributed by atoms with E-state index < -0.39 is 11.6 Å². The van der Waals surface area contributed by atoms with Crippen LogP contribution in [0.15, 0.2) is 42.5 Å². The molecule has 36 heavy (non-hydrogen) atoms. The summed E-state index contributed by atoms with van der Waals surface area (Å²) in [6, 6.07) is 12.3. The maximum atomic E-state index is 13.3. The summed E-state index contributed by atoms with van der Waals surface area (Å²) in [5.74, 6) is -1.56. The van der Waals surface area contributed by atoms with Gasteiger partial charge >= 0.3 is 12.1 Å². The molecule has 2 amide bonds. The number of anilines is 1. The Labute approximate surface area is 212 Å².